The number of ether oxygens (including phenoxy) is 1. The van der Waals surface area contributed by atoms with Crippen LogP contribution in [0.5, 0.6) is 5.75 Å². The highest BCUT2D eigenvalue weighted by Crippen LogP contribution is 2.26. The number of H-pyrrole nitrogens is 1. The predicted molar refractivity (Wildman–Crippen MR) is 96.5 cm³/mol. The van der Waals surface area contributed by atoms with E-state index >= 15 is 0 Å². The van der Waals surface area contributed by atoms with Crippen molar-refractivity contribution in [2.24, 2.45) is 5.92 Å². The fraction of sp³-hybridized carbons (Fsp3) is 0.300. The van der Waals surface area contributed by atoms with Crippen LogP contribution in [0, 0.1) is 11.7 Å². The zero-order valence-corrected chi connectivity index (χ0v) is 14.3. The Morgan fingerprint density at radius 2 is 2.19 bits per heavy atom. The van der Waals surface area contributed by atoms with Crippen LogP contribution >= 0.6 is 0 Å². The molecular formula is C20H20FN3O2. The van der Waals surface area contributed by atoms with Crippen LogP contribution < -0.4 is 10.1 Å². The van der Waals surface area contributed by atoms with Crippen LogP contribution in [0.25, 0.3) is 11.0 Å². The molecule has 4 rings (SSSR count). The number of halogens is 1. The van der Waals surface area contributed by atoms with Gasteiger partial charge in [0.05, 0.1) is 17.6 Å². The number of aromatic nitrogens is 2. The molecule has 0 bridgehead atoms. The Kier molecular flexibility index (Phi) is 4.56. The second-order valence-corrected chi connectivity index (χ2v) is 6.53. The van der Waals surface area contributed by atoms with E-state index in [1.807, 2.05) is 24.3 Å². The predicted octanol–water partition coefficient (Wildman–Crippen LogP) is 3.00. The summed E-state index contributed by atoms with van der Waals surface area (Å²) >= 11 is 0. The molecule has 2 N–H and O–H groups in total. The van der Waals surface area contributed by atoms with Gasteiger partial charge in [0.1, 0.15) is 17.4 Å². The maximum absolute atomic E-state index is 13.2. The Balaban J connectivity index is 1.34. The van der Waals surface area contributed by atoms with Gasteiger partial charge in [-0.05, 0) is 42.7 Å². The van der Waals surface area contributed by atoms with Crippen molar-refractivity contribution in [3.63, 3.8) is 0 Å². The third-order valence-corrected chi connectivity index (χ3v) is 4.69. The number of hydrogen-bond donors (Lipinski definition) is 2. The number of benzene rings is 2. The molecule has 3 aromatic rings. The van der Waals surface area contributed by atoms with Crippen LogP contribution in [0.2, 0.25) is 0 Å². The van der Waals surface area contributed by atoms with Crippen molar-refractivity contribution in [1.82, 2.24) is 15.3 Å². The second-order valence-electron chi connectivity index (χ2n) is 6.53. The molecule has 0 radical (unpaired) electrons. The monoisotopic (exact) mass is 353 g/mol. The molecule has 5 nitrogen and oxygen atoms in total. The van der Waals surface area contributed by atoms with Gasteiger partial charge in [-0.25, -0.2) is 9.37 Å². The highest BCUT2D eigenvalue weighted by atomic mass is 19.1. The third kappa shape index (κ3) is 3.54. The minimum Gasteiger partial charge on any atom is -0.493 e. The van der Waals surface area contributed by atoms with Gasteiger partial charge in [0.2, 0.25) is 5.91 Å². The summed E-state index contributed by atoms with van der Waals surface area (Å²) < 4.78 is 19.0. The number of rotatable bonds is 4. The lowest BCUT2D eigenvalue weighted by molar-refractivity contribution is -0.125. The van der Waals surface area contributed by atoms with Crippen molar-refractivity contribution in [2.45, 2.75) is 19.3 Å². The molecule has 1 aliphatic heterocycles. The topological polar surface area (TPSA) is 67.0 Å². The highest BCUT2D eigenvalue weighted by molar-refractivity contribution is 5.79. The number of carbonyl (C=O) groups is 1. The van der Waals surface area contributed by atoms with Crippen LogP contribution in [0.15, 0.2) is 42.5 Å². The van der Waals surface area contributed by atoms with E-state index in [2.05, 4.69) is 15.3 Å². The molecule has 0 saturated carbocycles. The first-order chi connectivity index (χ1) is 12.7. The van der Waals surface area contributed by atoms with Gasteiger partial charge in [-0.2, -0.15) is 0 Å². The lowest BCUT2D eigenvalue weighted by atomic mass is 9.96. The molecule has 2 aromatic carbocycles. The first-order valence-corrected chi connectivity index (χ1v) is 8.81. The summed E-state index contributed by atoms with van der Waals surface area (Å²) in [5, 5.41) is 2.99. The molecule has 1 amide bonds. The van der Waals surface area contributed by atoms with Gasteiger partial charge in [-0.15, -0.1) is 0 Å². The maximum Gasteiger partial charge on any atom is 0.223 e. The summed E-state index contributed by atoms with van der Waals surface area (Å²) in [7, 11) is 0. The molecule has 0 fully saturated rings. The van der Waals surface area contributed by atoms with Crippen LogP contribution in [-0.2, 0) is 17.6 Å². The van der Waals surface area contributed by atoms with E-state index in [0.29, 0.717) is 37.9 Å². The number of nitrogens with one attached hydrogen (secondary N) is 2. The number of nitrogens with zero attached hydrogens (tertiary/aromatic N) is 1. The van der Waals surface area contributed by atoms with Crippen LogP contribution in [-0.4, -0.2) is 29.0 Å². The van der Waals surface area contributed by atoms with E-state index in [1.54, 1.807) is 6.07 Å². The number of fused-ring (bicyclic) bond motifs is 2. The van der Waals surface area contributed by atoms with Crippen molar-refractivity contribution < 1.29 is 13.9 Å². The maximum atomic E-state index is 13.2. The molecule has 26 heavy (non-hydrogen) atoms. The Labute approximate surface area is 150 Å². The molecule has 0 spiro atoms. The molecule has 0 unspecified atom stereocenters. The zero-order valence-electron chi connectivity index (χ0n) is 14.3. The van der Waals surface area contributed by atoms with Crippen molar-refractivity contribution in [3.8, 4) is 5.75 Å². The molecule has 134 valence electrons. The molecule has 1 aliphatic rings. The van der Waals surface area contributed by atoms with Crippen molar-refractivity contribution in [1.29, 1.82) is 0 Å². The molecule has 0 saturated heterocycles. The second kappa shape index (κ2) is 7.15. The van der Waals surface area contributed by atoms with Gasteiger partial charge in [0, 0.05) is 18.9 Å². The zero-order chi connectivity index (χ0) is 17.9. The van der Waals surface area contributed by atoms with E-state index in [4.69, 9.17) is 4.74 Å². The fourth-order valence-corrected chi connectivity index (χ4v) is 3.32. The lowest BCUT2D eigenvalue weighted by Crippen LogP contribution is -2.33. The fourth-order valence-electron chi connectivity index (χ4n) is 3.32. The quantitative estimate of drug-likeness (QED) is 0.758. The minimum atomic E-state index is -0.295. The standard InChI is InChI=1S/C20H20FN3O2/c21-15-5-6-16-17(12-15)24-19(23-16)7-9-22-20(25)14-8-10-26-18-4-2-1-3-13(18)11-14/h1-6,12,14H,7-11H2,(H,22,25)(H,23,24)/t14-/m1/s1. The number of aromatic amines is 1. The van der Waals surface area contributed by atoms with Crippen molar-refractivity contribution >= 4 is 16.9 Å². The normalized spacial score (nSPS) is 16.6. The van der Waals surface area contributed by atoms with Gasteiger partial charge in [0.25, 0.3) is 0 Å². The van der Waals surface area contributed by atoms with E-state index < -0.39 is 0 Å². The van der Waals surface area contributed by atoms with Crippen LogP contribution in [0.1, 0.15) is 17.8 Å². The Bertz CT molecular complexity index is 938. The molecule has 1 atom stereocenters. The van der Waals surface area contributed by atoms with E-state index in [1.165, 1.54) is 12.1 Å². The van der Waals surface area contributed by atoms with Crippen molar-refractivity contribution in [3.05, 3.63) is 59.7 Å². The molecule has 0 aliphatic carbocycles. The minimum absolute atomic E-state index is 0.0347. The molecule has 1 aromatic heterocycles. The number of para-hydroxylation sites is 1. The number of amides is 1. The Hall–Kier alpha value is -2.89. The van der Waals surface area contributed by atoms with Gasteiger partial charge in [-0.1, -0.05) is 18.2 Å². The SMILES string of the molecule is O=C(NCCc1nc2ccc(F)cc2[nH]1)[C@@H]1CCOc2ccccc2C1. The Morgan fingerprint density at radius 1 is 1.31 bits per heavy atom. The largest absolute Gasteiger partial charge is 0.493 e. The number of hydrogen-bond acceptors (Lipinski definition) is 3. The first-order valence-electron chi connectivity index (χ1n) is 8.81. The van der Waals surface area contributed by atoms with Gasteiger partial charge >= 0.3 is 0 Å². The summed E-state index contributed by atoms with van der Waals surface area (Å²) in [5.41, 5.74) is 2.47. The first kappa shape index (κ1) is 16.6. The van der Waals surface area contributed by atoms with Crippen LogP contribution in [0.3, 0.4) is 0 Å². The summed E-state index contributed by atoms with van der Waals surface area (Å²) in [6.45, 7) is 1.03. The third-order valence-electron chi connectivity index (χ3n) is 4.69. The average Bonchev–Trinajstić information content (AvgIpc) is 2.90. The Morgan fingerprint density at radius 3 is 3.12 bits per heavy atom. The van der Waals surface area contributed by atoms with E-state index in [-0.39, 0.29) is 17.6 Å². The summed E-state index contributed by atoms with van der Waals surface area (Å²) in [6, 6.07) is 12.3. The van der Waals surface area contributed by atoms with Crippen molar-refractivity contribution in [2.75, 3.05) is 13.2 Å². The highest BCUT2D eigenvalue weighted by Gasteiger charge is 2.23. The van der Waals surface area contributed by atoms with E-state index in [0.717, 1.165) is 22.7 Å². The summed E-state index contributed by atoms with van der Waals surface area (Å²) in [6.07, 6.45) is 1.96. The molecule has 2 heterocycles. The van der Waals surface area contributed by atoms with Gasteiger partial charge < -0.3 is 15.0 Å². The van der Waals surface area contributed by atoms with Crippen LogP contribution in [0.4, 0.5) is 4.39 Å². The summed E-state index contributed by atoms with van der Waals surface area (Å²) in [5.74, 6) is 1.26. The average molecular weight is 353 g/mol. The van der Waals surface area contributed by atoms with Gasteiger partial charge in [-0.3, -0.25) is 4.79 Å². The number of imidazole rings is 1. The van der Waals surface area contributed by atoms with Gasteiger partial charge in [0.15, 0.2) is 0 Å². The summed E-state index contributed by atoms with van der Waals surface area (Å²) in [4.78, 5) is 20.0. The van der Waals surface area contributed by atoms with E-state index in [9.17, 15) is 9.18 Å². The molecular weight excluding hydrogens is 333 g/mol. The number of carbonyl (C=O) groups excluding carboxylic acids is 1. The smallest absolute Gasteiger partial charge is 0.223 e. The molecule has 6 heteroatoms. The lowest BCUT2D eigenvalue weighted by Gasteiger charge is -2.13.